The number of carbonyl (C=O) groups is 1. The average molecular weight is 460 g/mol. The molecule has 2 unspecified atom stereocenters. The number of fused-ring (bicyclic) bond motifs is 1. The summed E-state index contributed by atoms with van der Waals surface area (Å²) in [7, 11) is 3.72. The molecule has 1 aliphatic rings. The molecule has 1 aliphatic heterocycles. The van der Waals surface area contributed by atoms with Crippen molar-refractivity contribution in [2.75, 3.05) is 14.2 Å². The summed E-state index contributed by atoms with van der Waals surface area (Å²) in [5.41, 5.74) is 3.25. The molecule has 0 aliphatic carbocycles. The lowest BCUT2D eigenvalue weighted by Crippen LogP contribution is -2.51. The average Bonchev–Trinajstić information content (AvgIpc) is 3.14. The Kier molecular flexibility index (Phi) is 6.20. The van der Waals surface area contributed by atoms with Crippen molar-refractivity contribution in [3.63, 3.8) is 0 Å². The zero-order valence-electron chi connectivity index (χ0n) is 18.1. The zero-order valence-corrected chi connectivity index (χ0v) is 19.6. The number of hydrogen-bond acceptors (Lipinski definition) is 3. The number of H-pyrrole nitrogens is 1. The van der Waals surface area contributed by atoms with Gasteiger partial charge in [0.1, 0.15) is 5.75 Å². The van der Waals surface area contributed by atoms with Crippen LogP contribution in [0.25, 0.3) is 22.2 Å². The van der Waals surface area contributed by atoms with E-state index in [1.807, 2.05) is 36.4 Å². The maximum atomic E-state index is 13.0. The number of aromatic nitrogens is 1. The molecular formula is C24H27Cl2N3O2. The molecular weight excluding hydrogens is 433 g/mol. The molecule has 0 bridgehead atoms. The summed E-state index contributed by atoms with van der Waals surface area (Å²) in [5, 5.41) is 5.19. The summed E-state index contributed by atoms with van der Waals surface area (Å²) in [4.78, 5) is 18.7. The molecule has 2 N–H and O–H groups in total. The number of methoxy groups -OCH3 is 1. The maximum Gasteiger partial charge on any atom is 0.255 e. The van der Waals surface area contributed by atoms with Crippen LogP contribution >= 0.6 is 23.2 Å². The topological polar surface area (TPSA) is 57.4 Å². The highest BCUT2D eigenvalue weighted by molar-refractivity contribution is 6.42. The first kappa shape index (κ1) is 22.0. The van der Waals surface area contributed by atoms with Crippen LogP contribution in [0.1, 0.15) is 37.0 Å². The molecule has 7 heteroatoms. The number of carbonyl (C=O) groups excluding carboxylic acids is 1. The summed E-state index contributed by atoms with van der Waals surface area (Å²) in [5.74, 6) is 0.436. The fourth-order valence-corrected chi connectivity index (χ4v) is 4.73. The quantitative estimate of drug-likeness (QED) is 0.521. The van der Waals surface area contributed by atoms with Gasteiger partial charge in [-0.05, 0) is 64.1 Å². The number of rotatable bonds is 4. The van der Waals surface area contributed by atoms with E-state index in [4.69, 9.17) is 27.9 Å². The Balaban J connectivity index is 1.57. The minimum atomic E-state index is -0.104. The van der Waals surface area contributed by atoms with Gasteiger partial charge in [0.2, 0.25) is 0 Å². The first-order chi connectivity index (χ1) is 14.8. The SMILES string of the molecule is COc1cc(-c2cc3cc(Cl)c(Cl)cc3[nH]2)ccc1C(=O)NC1CC(C)N(C)C(C)C1. The molecule has 3 aromatic rings. The van der Waals surface area contributed by atoms with Crippen LogP contribution in [0.15, 0.2) is 36.4 Å². The molecule has 0 saturated carbocycles. The molecule has 0 radical (unpaired) electrons. The molecule has 2 heterocycles. The molecule has 2 atom stereocenters. The van der Waals surface area contributed by atoms with Gasteiger partial charge in [0.25, 0.3) is 5.91 Å². The van der Waals surface area contributed by atoms with Crippen molar-refractivity contribution >= 4 is 40.0 Å². The normalized spacial score (nSPS) is 21.9. The highest BCUT2D eigenvalue weighted by atomic mass is 35.5. The Morgan fingerprint density at radius 3 is 2.45 bits per heavy atom. The van der Waals surface area contributed by atoms with Crippen LogP contribution in [0.2, 0.25) is 10.0 Å². The third-order valence-electron chi connectivity index (χ3n) is 6.40. The molecule has 1 saturated heterocycles. The van der Waals surface area contributed by atoms with Gasteiger partial charge in [-0.3, -0.25) is 4.79 Å². The number of halogens is 2. The van der Waals surface area contributed by atoms with Gasteiger partial charge in [0.15, 0.2) is 0 Å². The van der Waals surface area contributed by atoms with Gasteiger partial charge in [-0.2, -0.15) is 0 Å². The Labute approximate surface area is 192 Å². The molecule has 1 amide bonds. The molecule has 164 valence electrons. The van der Waals surface area contributed by atoms with E-state index < -0.39 is 0 Å². The number of piperidine rings is 1. The van der Waals surface area contributed by atoms with Gasteiger partial charge >= 0.3 is 0 Å². The molecule has 0 spiro atoms. The third-order valence-corrected chi connectivity index (χ3v) is 7.12. The van der Waals surface area contributed by atoms with E-state index in [-0.39, 0.29) is 11.9 Å². The molecule has 5 nitrogen and oxygen atoms in total. The molecule has 31 heavy (non-hydrogen) atoms. The van der Waals surface area contributed by atoms with Gasteiger partial charge in [-0.1, -0.05) is 29.3 Å². The smallest absolute Gasteiger partial charge is 0.255 e. The van der Waals surface area contributed by atoms with Crippen LogP contribution in [-0.4, -0.2) is 48.1 Å². The summed E-state index contributed by atoms with van der Waals surface area (Å²) in [6.07, 6.45) is 1.88. The van der Waals surface area contributed by atoms with E-state index in [2.05, 4.69) is 36.1 Å². The minimum absolute atomic E-state index is 0.104. The lowest BCUT2D eigenvalue weighted by Gasteiger charge is -2.40. The third kappa shape index (κ3) is 4.40. The second-order valence-electron chi connectivity index (χ2n) is 8.46. The van der Waals surface area contributed by atoms with Crippen molar-refractivity contribution in [1.29, 1.82) is 0 Å². The van der Waals surface area contributed by atoms with Crippen LogP contribution in [0, 0.1) is 0 Å². The van der Waals surface area contributed by atoms with Crippen LogP contribution < -0.4 is 10.1 Å². The van der Waals surface area contributed by atoms with Crippen molar-refractivity contribution in [1.82, 2.24) is 15.2 Å². The zero-order chi connectivity index (χ0) is 22.3. The fraction of sp³-hybridized carbons (Fsp3) is 0.375. The summed E-state index contributed by atoms with van der Waals surface area (Å²) in [6.45, 7) is 4.40. The van der Waals surface area contributed by atoms with Crippen LogP contribution in [0.5, 0.6) is 5.75 Å². The standard InChI is InChI=1S/C24H27Cl2N3O2/c1-13-7-17(8-14(2)29(13)3)27-24(30)18-6-5-15(11-23(18)31-4)21-10-16-9-19(25)20(26)12-22(16)28-21/h5-6,9-14,17,28H,7-8H2,1-4H3,(H,27,30). The number of benzene rings is 2. The Morgan fingerprint density at radius 1 is 1.10 bits per heavy atom. The lowest BCUT2D eigenvalue weighted by atomic mass is 9.93. The Bertz CT molecular complexity index is 1080. The number of nitrogens with one attached hydrogen (secondary N) is 2. The van der Waals surface area contributed by atoms with Crippen molar-refractivity contribution in [2.45, 2.75) is 44.8 Å². The van der Waals surface area contributed by atoms with Gasteiger partial charge in [-0.15, -0.1) is 0 Å². The lowest BCUT2D eigenvalue weighted by molar-refractivity contribution is 0.0827. The van der Waals surface area contributed by atoms with Crippen molar-refractivity contribution in [3.8, 4) is 17.0 Å². The van der Waals surface area contributed by atoms with Gasteiger partial charge in [-0.25, -0.2) is 0 Å². The second-order valence-corrected chi connectivity index (χ2v) is 9.27. The van der Waals surface area contributed by atoms with Crippen LogP contribution in [0.3, 0.4) is 0 Å². The number of aromatic amines is 1. The molecule has 2 aromatic carbocycles. The molecule has 1 aromatic heterocycles. The van der Waals surface area contributed by atoms with Crippen molar-refractivity contribution in [3.05, 3.63) is 52.0 Å². The van der Waals surface area contributed by atoms with E-state index in [0.717, 1.165) is 35.0 Å². The predicted octanol–water partition coefficient (Wildman–Crippen LogP) is 5.75. The summed E-state index contributed by atoms with van der Waals surface area (Å²) >= 11 is 12.3. The van der Waals surface area contributed by atoms with E-state index in [1.165, 1.54) is 0 Å². The highest BCUT2D eigenvalue weighted by Crippen LogP contribution is 2.33. The van der Waals surface area contributed by atoms with Gasteiger partial charge in [0, 0.05) is 40.3 Å². The van der Waals surface area contributed by atoms with Crippen molar-refractivity contribution < 1.29 is 9.53 Å². The van der Waals surface area contributed by atoms with Crippen LogP contribution in [0.4, 0.5) is 0 Å². The molecule has 1 fully saturated rings. The van der Waals surface area contributed by atoms with Gasteiger partial charge < -0.3 is 19.9 Å². The summed E-state index contributed by atoms with van der Waals surface area (Å²) in [6, 6.07) is 12.3. The predicted molar refractivity (Wildman–Crippen MR) is 127 cm³/mol. The van der Waals surface area contributed by atoms with Crippen LogP contribution in [-0.2, 0) is 0 Å². The van der Waals surface area contributed by atoms with Gasteiger partial charge in [0.05, 0.1) is 22.7 Å². The highest BCUT2D eigenvalue weighted by Gasteiger charge is 2.29. The van der Waals surface area contributed by atoms with E-state index in [9.17, 15) is 4.79 Å². The van der Waals surface area contributed by atoms with E-state index in [1.54, 1.807) is 7.11 Å². The van der Waals surface area contributed by atoms with Crippen molar-refractivity contribution in [2.24, 2.45) is 0 Å². The number of ether oxygens (including phenoxy) is 1. The maximum absolute atomic E-state index is 13.0. The minimum Gasteiger partial charge on any atom is -0.496 e. The Morgan fingerprint density at radius 2 is 1.77 bits per heavy atom. The van der Waals surface area contributed by atoms with E-state index >= 15 is 0 Å². The Hall–Kier alpha value is -2.21. The number of likely N-dealkylation sites (tertiary alicyclic amines) is 1. The number of hydrogen-bond donors (Lipinski definition) is 2. The summed E-state index contributed by atoms with van der Waals surface area (Å²) < 4.78 is 5.56. The first-order valence-corrected chi connectivity index (χ1v) is 11.2. The number of nitrogens with zero attached hydrogens (tertiary/aromatic N) is 1. The molecule has 4 rings (SSSR count). The van der Waals surface area contributed by atoms with E-state index in [0.29, 0.717) is 33.4 Å². The monoisotopic (exact) mass is 459 g/mol. The second kappa shape index (κ2) is 8.73. The first-order valence-electron chi connectivity index (χ1n) is 10.5. The number of amides is 1. The largest absolute Gasteiger partial charge is 0.496 e. The fourth-order valence-electron chi connectivity index (χ4n) is 4.40.